The Kier molecular flexibility index (Phi) is 4.74. The van der Waals surface area contributed by atoms with Gasteiger partial charge in [-0.3, -0.25) is 4.79 Å². The molecular formula is C18H23N5O2. The van der Waals surface area contributed by atoms with E-state index in [1.54, 1.807) is 10.9 Å². The van der Waals surface area contributed by atoms with Gasteiger partial charge >= 0.3 is 6.03 Å². The van der Waals surface area contributed by atoms with E-state index in [4.69, 9.17) is 0 Å². The molecule has 132 valence electrons. The Balaban J connectivity index is 1.79. The zero-order chi connectivity index (χ0) is 18.0. The molecule has 1 aromatic carbocycles. The molecular weight excluding hydrogens is 318 g/mol. The molecule has 0 saturated carbocycles. The van der Waals surface area contributed by atoms with Crippen molar-refractivity contribution in [3.8, 4) is 5.69 Å². The molecule has 7 heteroatoms. The summed E-state index contributed by atoms with van der Waals surface area (Å²) in [5.74, 6) is -0.0358. The van der Waals surface area contributed by atoms with Crippen molar-refractivity contribution in [2.45, 2.75) is 33.2 Å². The number of benzene rings is 1. The van der Waals surface area contributed by atoms with Crippen LogP contribution in [0, 0.1) is 19.8 Å². The third kappa shape index (κ3) is 3.81. The Bertz CT molecular complexity index is 799. The number of amides is 3. The van der Waals surface area contributed by atoms with Gasteiger partial charge < -0.3 is 16.0 Å². The highest BCUT2D eigenvalue weighted by Crippen LogP contribution is 2.22. The Morgan fingerprint density at radius 2 is 2.12 bits per heavy atom. The van der Waals surface area contributed by atoms with Gasteiger partial charge in [0.2, 0.25) is 5.91 Å². The largest absolute Gasteiger partial charge is 0.354 e. The molecule has 0 radical (unpaired) electrons. The van der Waals surface area contributed by atoms with Gasteiger partial charge in [0.1, 0.15) is 6.04 Å². The van der Waals surface area contributed by atoms with Gasteiger partial charge in [-0.2, -0.15) is 5.10 Å². The topological polar surface area (TPSA) is 88.1 Å². The van der Waals surface area contributed by atoms with E-state index in [1.165, 1.54) is 0 Å². The van der Waals surface area contributed by atoms with Gasteiger partial charge in [-0.25, -0.2) is 9.48 Å². The van der Waals surface area contributed by atoms with E-state index in [9.17, 15) is 9.59 Å². The Morgan fingerprint density at radius 1 is 1.32 bits per heavy atom. The Hall–Kier alpha value is -2.83. The maximum Gasteiger partial charge on any atom is 0.319 e. The lowest BCUT2D eigenvalue weighted by Crippen LogP contribution is -2.55. The normalized spacial score (nSPS) is 20.0. The summed E-state index contributed by atoms with van der Waals surface area (Å²) < 4.78 is 1.72. The number of urea groups is 1. The SMILES string of the molecule is Cc1ccc(-n2cc(C)cn2)c(NC(=O)N[C@@H]2C(=O)NCC[C@H]2C)c1. The average molecular weight is 341 g/mol. The number of carbonyl (C=O) groups is 2. The molecule has 1 aliphatic heterocycles. The first kappa shape index (κ1) is 17.0. The molecule has 0 aliphatic carbocycles. The van der Waals surface area contributed by atoms with Crippen molar-refractivity contribution in [2.24, 2.45) is 5.92 Å². The van der Waals surface area contributed by atoms with Crippen LogP contribution >= 0.6 is 0 Å². The summed E-state index contributed by atoms with van der Waals surface area (Å²) in [5, 5.41) is 12.7. The first-order valence-corrected chi connectivity index (χ1v) is 8.41. The third-order valence-corrected chi connectivity index (χ3v) is 4.40. The molecule has 3 amide bonds. The Morgan fingerprint density at radius 3 is 2.80 bits per heavy atom. The van der Waals surface area contributed by atoms with Gasteiger partial charge in [0.25, 0.3) is 0 Å². The number of nitrogens with zero attached hydrogens (tertiary/aromatic N) is 2. The molecule has 2 heterocycles. The minimum Gasteiger partial charge on any atom is -0.354 e. The quantitative estimate of drug-likeness (QED) is 0.799. The smallest absolute Gasteiger partial charge is 0.319 e. The van der Waals surface area contributed by atoms with Crippen LogP contribution in [0.1, 0.15) is 24.5 Å². The number of hydrogen-bond acceptors (Lipinski definition) is 3. The summed E-state index contributed by atoms with van der Waals surface area (Å²) in [6.45, 7) is 6.53. The van der Waals surface area contributed by atoms with Gasteiger partial charge in [-0.05, 0) is 49.4 Å². The number of hydrogen-bond donors (Lipinski definition) is 3. The molecule has 0 spiro atoms. The van der Waals surface area contributed by atoms with Crippen LogP contribution < -0.4 is 16.0 Å². The molecule has 3 rings (SSSR count). The number of carbonyl (C=O) groups excluding carboxylic acids is 2. The van der Waals surface area contributed by atoms with Crippen molar-refractivity contribution in [3.63, 3.8) is 0 Å². The number of piperidine rings is 1. The molecule has 1 saturated heterocycles. The molecule has 0 bridgehead atoms. The highest BCUT2D eigenvalue weighted by molar-refractivity contribution is 5.95. The fraction of sp³-hybridized carbons (Fsp3) is 0.389. The summed E-state index contributed by atoms with van der Waals surface area (Å²) >= 11 is 0. The second kappa shape index (κ2) is 6.96. The first-order chi connectivity index (χ1) is 11.9. The molecule has 1 aliphatic rings. The minimum atomic E-state index is -0.519. The van der Waals surface area contributed by atoms with E-state index in [0.717, 1.165) is 23.2 Å². The van der Waals surface area contributed by atoms with Crippen molar-refractivity contribution in [2.75, 3.05) is 11.9 Å². The van der Waals surface area contributed by atoms with Crippen LogP contribution in [0.15, 0.2) is 30.6 Å². The highest BCUT2D eigenvalue weighted by Gasteiger charge is 2.30. The van der Waals surface area contributed by atoms with Crippen LogP contribution in [0.3, 0.4) is 0 Å². The van der Waals surface area contributed by atoms with Crippen molar-refractivity contribution >= 4 is 17.6 Å². The van der Waals surface area contributed by atoms with E-state index < -0.39 is 12.1 Å². The van der Waals surface area contributed by atoms with Gasteiger partial charge in [0.05, 0.1) is 17.6 Å². The summed E-state index contributed by atoms with van der Waals surface area (Å²) in [5.41, 5.74) is 3.47. The van der Waals surface area contributed by atoms with E-state index in [-0.39, 0.29) is 11.8 Å². The highest BCUT2D eigenvalue weighted by atomic mass is 16.2. The lowest BCUT2D eigenvalue weighted by molar-refractivity contribution is -0.125. The van der Waals surface area contributed by atoms with Crippen LogP contribution in [0.25, 0.3) is 5.69 Å². The minimum absolute atomic E-state index is 0.102. The molecule has 1 aromatic heterocycles. The van der Waals surface area contributed by atoms with Gasteiger partial charge in [0, 0.05) is 12.7 Å². The zero-order valence-electron chi connectivity index (χ0n) is 14.7. The first-order valence-electron chi connectivity index (χ1n) is 8.41. The van der Waals surface area contributed by atoms with Gasteiger partial charge in [0.15, 0.2) is 0 Å². The van der Waals surface area contributed by atoms with E-state index in [2.05, 4.69) is 21.0 Å². The summed E-state index contributed by atoms with van der Waals surface area (Å²) in [4.78, 5) is 24.4. The molecule has 7 nitrogen and oxygen atoms in total. The Labute approximate surface area is 146 Å². The maximum atomic E-state index is 12.4. The number of aryl methyl sites for hydroxylation is 2. The molecule has 25 heavy (non-hydrogen) atoms. The van der Waals surface area contributed by atoms with Gasteiger partial charge in [-0.1, -0.05) is 13.0 Å². The lowest BCUT2D eigenvalue weighted by Gasteiger charge is -2.29. The molecule has 2 aromatic rings. The zero-order valence-corrected chi connectivity index (χ0v) is 14.7. The number of anilines is 1. The number of rotatable bonds is 3. The lowest BCUT2D eigenvalue weighted by atomic mass is 9.94. The molecule has 3 N–H and O–H groups in total. The van der Waals surface area contributed by atoms with Crippen molar-refractivity contribution < 1.29 is 9.59 Å². The fourth-order valence-electron chi connectivity index (χ4n) is 2.96. The summed E-state index contributed by atoms with van der Waals surface area (Å²) in [7, 11) is 0. The fourth-order valence-corrected chi connectivity index (χ4v) is 2.96. The predicted octanol–water partition coefficient (Wildman–Crippen LogP) is 2.14. The van der Waals surface area contributed by atoms with Crippen LogP contribution in [0.2, 0.25) is 0 Å². The second-order valence-corrected chi connectivity index (χ2v) is 6.62. The third-order valence-electron chi connectivity index (χ3n) is 4.40. The monoisotopic (exact) mass is 341 g/mol. The van der Waals surface area contributed by atoms with Crippen LogP contribution in [-0.4, -0.2) is 34.3 Å². The standard InChI is InChI=1S/C18H23N5O2/c1-11-4-5-15(23-10-12(2)9-20-23)14(8-11)21-18(25)22-16-13(3)6-7-19-17(16)24/h4-5,8-10,13,16H,6-7H2,1-3H3,(H,19,24)(H2,21,22,25)/t13-,16+/m1/s1. The maximum absolute atomic E-state index is 12.4. The van der Waals surface area contributed by atoms with E-state index >= 15 is 0 Å². The summed E-state index contributed by atoms with van der Waals surface area (Å²) in [6, 6.07) is 4.84. The van der Waals surface area contributed by atoms with E-state index in [0.29, 0.717) is 12.2 Å². The number of aromatic nitrogens is 2. The predicted molar refractivity (Wildman–Crippen MR) is 95.8 cm³/mol. The van der Waals surface area contributed by atoms with Crippen LogP contribution in [0.4, 0.5) is 10.5 Å². The van der Waals surface area contributed by atoms with Gasteiger partial charge in [-0.15, -0.1) is 0 Å². The van der Waals surface area contributed by atoms with Crippen molar-refractivity contribution in [3.05, 3.63) is 41.7 Å². The van der Waals surface area contributed by atoms with Crippen LogP contribution in [-0.2, 0) is 4.79 Å². The second-order valence-electron chi connectivity index (χ2n) is 6.62. The molecule has 1 fully saturated rings. The van der Waals surface area contributed by atoms with Crippen molar-refractivity contribution in [1.29, 1.82) is 0 Å². The van der Waals surface area contributed by atoms with E-state index in [1.807, 2.05) is 45.2 Å². The molecule has 0 unspecified atom stereocenters. The average Bonchev–Trinajstić information content (AvgIpc) is 2.97. The van der Waals surface area contributed by atoms with Crippen molar-refractivity contribution in [1.82, 2.24) is 20.4 Å². The molecule has 2 atom stereocenters. The number of nitrogens with one attached hydrogen (secondary N) is 3. The van der Waals surface area contributed by atoms with Crippen LogP contribution in [0.5, 0.6) is 0 Å². The summed E-state index contributed by atoms with van der Waals surface area (Å²) in [6.07, 6.45) is 4.50.